The molecule has 0 aromatic carbocycles. The first-order valence-corrected chi connectivity index (χ1v) is 6.20. The Morgan fingerprint density at radius 2 is 1.79 bits per heavy atom. The van der Waals surface area contributed by atoms with Crippen LogP contribution in [0.3, 0.4) is 0 Å². The van der Waals surface area contributed by atoms with Gasteiger partial charge in [-0.15, -0.1) is 0 Å². The molecule has 0 spiro atoms. The smallest absolute Gasteiger partial charge is 0.00588 e. The molecule has 82 valence electrons. The maximum absolute atomic E-state index is 2.48. The van der Waals surface area contributed by atoms with Crippen LogP contribution in [0.4, 0.5) is 0 Å². The van der Waals surface area contributed by atoms with Crippen LogP contribution in [0.5, 0.6) is 0 Å². The van der Waals surface area contributed by atoms with Crippen LogP contribution < -0.4 is 0 Å². The van der Waals surface area contributed by atoms with E-state index in [9.17, 15) is 0 Å². The largest absolute Gasteiger partial charge is 0.0880 e. The van der Waals surface area contributed by atoms with Gasteiger partial charge >= 0.3 is 0 Å². The molecule has 0 aromatic heterocycles. The van der Waals surface area contributed by atoms with Crippen molar-refractivity contribution in [1.29, 1.82) is 0 Å². The van der Waals surface area contributed by atoms with Crippen molar-refractivity contribution in [3.05, 3.63) is 12.2 Å². The molecule has 1 fully saturated rings. The van der Waals surface area contributed by atoms with Crippen molar-refractivity contribution in [2.24, 2.45) is 16.7 Å². The van der Waals surface area contributed by atoms with Gasteiger partial charge in [-0.05, 0) is 29.6 Å². The molecule has 1 rings (SSSR count). The normalized spacial score (nSPS) is 41.9. The highest BCUT2D eigenvalue weighted by Gasteiger charge is 2.65. The molecule has 0 saturated heterocycles. The Balaban J connectivity index is 2.60. The first-order chi connectivity index (χ1) is 6.53. The highest BCUT2D eigenvalue weighted by Crippen LogP contribution is 2.71. The maximum Gasteiger partial charge on any atom is -0.00588 e. The third kappa shape index (κ3) is 1.64. The van der Waals surface area contributed by atoms with E-state index in [4.69, 9.17) is 0 Å². The second kappa shape index (κ2) is 4.08. The lowest BCUT2D eigenvalue weighted by Crippen LogP contribution is -2.04. The molecule has 0 amide bonds. The fourth-order valence-corrected chi connectivity index (χ4v) is 3.02. The molecule has 14 heavy (non-hydrogen) atoms. The van der Waals surface area contributed by atoms with E-state index >= 15 is 0 Å². The van der Waals surface area contributed by atoms with Crippen molar-refractivity contribution in [3.8, 4) is 0 Å². The lowest BCUT2D eigenvalue weighted by molar-refractivity contribution is 0.409. The quantitative estimate of drug-likeness (QED) is 0.551. The SMILES string of the molecule is CCCC=CC1(C)C(C)C1(C)CCC. The lowest BCUT2D eigenvalue weighted by Gasteiger charge is -2.13. The van der Waals surface area contributed by atoms with E-state index in [2.05, 4.69) is 46.8 Å². The van der Waals surface area contributed by atoms with E-state index < -0.39 is 0 Å². The van der Waals surface area contributed by atoms with Crippen LogP contribution in [0.1, 0.15) is 60.3 Å². The molecule has 0 radical (unpaired) electrons. The Morgan fingerprint density at radius 1 is 1.14 bits per heavy atom. The molecule has 0 bridgehead atoms. The van der Waals surface area contributed by atoms with Crippen LogP contribution in [-0.4, -0.2) is 0 Å². The molecule has 0 heteroatoms. The van der Waals surface area contributed by atoms with Crippen LogP contribution in [0.2, 0.25) is 0 Å². The van der Waals surface area contributed by atoms with E-state index in [0.717, 1.165) is 5.92 Å². The van der Waals surface area contributed by atoms with Gasteiger partial charge in [-0.3, -0.25) is 0 Å². The minimum Gasteiger partial charge on any atom is -0.0880 e. The van der Waals surface area contributed by atoms with Gasteiger partial charge in [0.1, 0.15) is 0 Å². The molecular formula is C14H26. The van der Waals surface area contributed by atoms with Crippen LogP contribution in [0, 0.1) is 16.7 Å². The van der Waals surface area contributed by atoms with E-state index in [1.807, 2.05) is 0 Å². The monoisotopic (exact) mass is 194 g/mol. The molecule has 1 aliphatic carbocycles. The fraction of sp³-hybridized carbons (Fsp3) is 0.857. The molecule has 0 aromatic rings. The second-order valence-electron chi connectivity index (χ2n) is 5.36. The van der Waals surface area contributed by atoms with E-state index in [1.54, 1.807) is 0 Å². The summed E-state index contributed by atoms with van der Waals surface area (Å²) in [6.07, 6.45) is 10.1. The number of rotatable bonds is 5. The minimum absolute atomic E-state index is 0.484. The van der Waals surface area contributed by atoms with Gasteiger partial charge in [-0.2, -0.15) is 0 Å². The topological polar surface area (TPSA) is 0 Å². The minimum atomic E-state index is 0.484. The Labute approximate surface area is 89.8 Å². The van der Waals surface area contributed by atoms with Crippen LogP contribution >= 0.6 is 0 Å². The zero-order valence-corrected chi connectivity index (χ0v) is 10.6. The van der Waals surface area contributed by atoms with Crippen molar-refractivity contribution in [3.63, 3.8) is 0 Å². The summed E-state index contributed by atoms with van der Waals surface area (Å²) in [6.45, 7) is 11.8. The van der Waals surface area contributed by atoms with Gasteiger partial charge in [-0.1, -0.05) is 59.6 Å². The van der Waals surface area contributed by atoms with Crippen molar-refractivity contribution in [2.45, 2.75) is 60.3 Å². The maximum atomic E-state index is 2.48. The van der Waals surface area contributed by atoms with Gasteiger partial charge in [0.15, 0.2) is 0 Å². The summed E-state index contributed by atoms with van der Waals surface area (Å²) in [7, 11) is 0. The van der Waals surface area contributed by atoms with E-state index in [-0.39, 0.29) is 0 Å². The number of unbranched alkanes of at least 4 members (excludes halogenated alkanes) is 1. The predicted molar refractivity (Wildman–Crippen MR) is 64.3 cm³/mol. The van der Waals surface area contributed by atoms with Crippen LogP contribution in [0.25, 0.3) is 0 Å². The molecule has 3 atom stereocenters. The lowest BCUT2D eigenvalue weighted by atomic mass is 9.91. The summed E-state index contributed by atoms with van der Waals surface area (Å²) >= 11 is 0. The van der Waals surface area contributed by atoms with Gasteiger partial charge in [0.05, 0.1) is 0 Å². The summed E-state index contributed by atoms with van der Waals surface area (Å²) in [5.74, 6) is 0.864. The molecule has 1 aliphatic rings. The van der Waals surface area contributed by atoms with Gasteiger partial charge in [0, 0.05) is 0 Å². The summed E-state index contributed by atoms with van der Waals surface area (Å²) in [4.78, 5) is 0. The van der Waals surface area contributed by atoms with Crippen LogP contribution in [-0.2, 0) is 0 Å². The second-order valence-corrected chi connectivity index (χ2v) is 5.36. The predicted octanol–water partition coefficient (Wildman–Crippen LogP) is 4.81. The average Bonchev–Trinajstić information content (AvgIpc) is 2.54. The highest BCUT2D eigenvalue weighted by atomic mass is 14.7. The zero-order valence-electron chi connectivity index (χ0n) is 10.6. The summed E-state index contributed by atoms with van der Waals surface area (Å²) in [5, 5.41) is 0. The molecule has 1 saturated carbocycles. The van der Waals surface area contributed by atoms with Gasteiger partial charge in [0.25, 0.3) is 0 Å². The third-order valence-corrected chi connectivity index (χ3v) is 4.69. The Kier molecular flexibility index (Phi) is 3.44. The van der Waals surface area contributed by atoms with Crippen molar-refractivity contribution in [2.75, 3.05) is 0 Å². The average molecular weight is 194 g/mol. The first-order valence-electron chi connectivity index (χ1n) is 6.20. The van der Waals surface area contributed by atoms with Crippen molar-refractivity contribution >= 4 is 0 Å². The molecule has 0 aliphatic heterocycles. The number of hydrogen-bond acceptors (Lipinski definition) is 0. The Bertz CT molecular complexity index is 216. The zero-order chi connectivity index (χ0) is 10.8. The van der Waals surface area contributed by atoms with E-state index in [0.29, 0.717) is 10.8 Å². The highest BCUT2D eigenvalue weighted by molar-refractivity contribution is 5.23. The van der Waals surface area contributed by atoms with Gasteiger partial charge in [0.2, 0.25) is 0 Å². The molecule has 0 nitrogen and oxygen atoms in total. The van der Waals surface area contributed by atoms with Crippen molar-refractivity contribution in [1.82, 2.24) is 0 Å². The van der Waals surface area contributed by atoms with Crippen LogP contribution in [0.15, 0.2) is 12.2 Å². The standard InChI is InChI=1S/C14H26/c1-6-8-9-11-14(5)12(3)13(14,4)10-7-2/h9,11-12H,6-8,10H2,1-5H3. The number of allylic oxidation sites excluding steroid dienone is 2. The summed E-state index contributed by atoms with van der Waals surface area (Å²) in [5.41, 5.74) is 1.06. The Morgan fingerprint density at radius 3 is 2.29 bits per heavy atom. The number of hydrogen-bond donors (Lipinski definition) is 0. The van der Waals surface area contributed by atoms with Gasteiger partial charge in [-0.25, -0.2) is 0 Å². The summed E-state index contributed by atoms with van der Waals surface area (Å²) in [6, 6.07) is 0. The Hall–Kier alpha value is -0.260. The first kappa shape index (κ1) is 11.8. The van der Waals surface area contributed by atoms with Crippen molar-refractivity contribution < 1.29 is 0 Å². The fourth-order valence-electron chi connectivity index (χ4n) is 3.02. The third-order valence-electron chi connectivity index (χ3n) is 4.69. The summed E-state index contributed by atoms with van der Waals surface area (Å²) < 4.78 is 0. The molecular weight excluding hydrogens is 168 g/mol. The molecule has 3 unspecified atom stereocenters. The molecule has 0 heterocycles. The van der Waals surface area contributed by atoms with E-state index in [1.165, 1.54) is 25.7 Å². The molecule has 0 N–H and O–H groups in total. The van der Waals surface area contributed by atoms with Gasteiger partial charge < -0.3 is 0 Å².